The van der Waals surface area contributed by atoms with Gasteiger partial charge in [-0.3, -0.25) is 9.59 Å². The lowest BCUT2D eigenvalue weighted by Crippen LogP contribution is -2.44. The molecule has 1 N–H and O–H groups in total. The molecular weight excluding hydrogens is 416 g/mol. The third-order valence-electron chi connectivity index (χ3n) is 6.12. The molecule has 0 bridgehead atoms. The molecule has 1 aliphatic heterocycles. The molecule has 8 nitrogen and oxygen atoms in total. The number of hydrogen-bond donors (Lipinski definition) is 1. The zero-order valence-electron chi connectivity index (χ0n) is 20.0. The predicted octanol–water partition coefficient (Wildman–Crippen LogP) is 4.33. The van der Waals surface area contributed by atoms with Gasteiger partial charge in [0.2, 0.25) is 5.91 Å². The highest BCUT2D eigenvalue weighted by Crippen LogP contribution is 2.27. The Morgan fingerprint density at radius 1 is 1.15 bits per heavy atom. The van der Waals surface area contributed by atoms with Gasteiger partial charge in [-0.15, -0.1) is 0 Å². The zero-order chi connectivity index (χ0) is 23.7. The Labute approximate surface area is 194 Å². The van der Waals surface area contributed by atoms with Gasteiger partial charge < -0.3 is 10.2 Å². The SMILES string of the molecule is Cc1cccc(NC(=O)C2CCCN(C(=O)c3cc(C(C)C)nc4c3cnn4C(C)C)C2)n1. The van der Waals surface area contributed by atoms with Crippen molar-refractivity contribution in [3.63, 3.8) is 0 Å². The van der Waals surface area contributed by atoms with E-state index in [9.17, 15) is 9.59 Å². The molecule has 0 saturated carbocycles. The maximum Gasteiger partial charge on any atom is 0.254 e. The minimum Gasteiger partial charge on any atom is -0.338 e. The topological polar surface area (TPSA) is 93.0 Å². The molecular formula is C25H32N6O2. The van der Waals surface area contributed by atoms with Crippen molar-refractivity contribution in [2.24, 2.45) is 5.92 Å². The number of pyridine rings is 2. The lowest BCUT2D eigenvalue weighted by atomic mass is 9.96. The average molecular weight is 449 g/mol. The van der Waals surface area contributed by atoms with Crippen LogP contribution in [-0.2, 0) is 4.79 Å². The molecule has 4 heterocycles. The molecule has 0 spiro atoms. The Hall–Kier alpha value is -3.29. The summed E-state index contributed by atoms with van der Waals surface area (Å²) < 4.78 is 1.86. The lowest BCUT2D eigenvalue weighted by molar-refractivity contribution is -0.121. The normalized spacial score (nSPS) is 16.6. The third-order valence-corrected chi connectivity index (χ3v) is 6.12. The van der Waals surface area contributed by atoms with Crippen molar-refractivity contribution in [1.82, 2.24) is 24.6 Å². The van der Waals surface area contributed by atoms with E-state index in [4.69, 9.17) is 4.98 Å². The lowest BCUT2D eigenvalue weighted by Gasteiger charge is -2.32. The number of nitrogens with zero attached hydrogens (tertiary/aromatic N) is 5. The summed E-state index contributed by atoms with van der Waals surface area (Å²) in [7, 11) is 0. The van der Waals surface area contributed by atoms with E-state index in [-0.39, 0.29) is 29.7 Å². The van der Waals surface area contributed by atoms with Gasteiger partial charge in [0, 0.05) is 30.5 Å². The number of piperidine rings is 1. The Bertz CT molecular complexity index is 1180. The van der Waals surface area contributed by atoms with Crippen molar-refractivity contribution in [3.05, 3.63) is 47.4 Å². The fourth-order valence-electron chi connectivity index (χ4n) is 4.27. The summed E-state index contributed by atoms with van der Waals surface area (Å²) >= 11 is 0. The van der Waals surface area contributed by atoms with Crippen LogP contribution in [0.2, 0.25) is 0 Å². The highest BCUT2D eigenvalue weighted by molar-refractivity contribution is 6.06. The number of carbonyl (C=O) groups is 2. The van der Waals surface area contributed by atoms with Crippen molar-refractivity contribution in [1.29, 1.82) is 0 Å². The van der Waals surface area contributed by atoms with Crippen LogP contribution in [0.15, 0.2) is 30.5 Å². The molecule has 1 atom stereocenters. The summed E-state index contributed by atoms with van der Waals surface area (Å²) in [5, 5.41) is 8.16. The minimum absolute atomic E-state index is 0.0706. The van der Waals surface area contributed by atoms with Crippen LogP contribution in [0.3, 0.4) is 0 Å². The first-order chi connectivity index (χ1) is 15.7. The Morgan fingerprint density at radius 2 is 1.94 bits per heavy atom. The fourth-order valence-corrected chi connectivity index (χ4v) is 4.27. The maximum atomic E-state index is 13.7. The monoisotopic (exact) mass is 448 g/mol. The molecule has 1 aliphatic rings. The van der Waals surface area contributed by atoms with Crippen LogP contribution in [0.5, 0.6) is 0 Å². The van der Waals surface area contributed by atoms with E-state index in [0.29, 0.717) is 24.5 Å². The van der Waals surface area contributed by atoms with E-state index in [1.165, 1.54) is 0 Å². The molecule has 0 radical (unpaired) electrons. The van der Waals surface area contributed by atoms with E-state index in [1.54, 1.807) is 17.2 Å². The summed E-state index contributed by atoms with van der Waals surface area (Å²) in [5.74, 6) is 0.283. The third kappa shape index (κ3) is 4.74. The highest BCUT2D eigenvalue weighted by Gasteiger charge is 2.31. The second kappa shape index (κ2) is 9.29. The molecule has 1 saturated heterocycles. The Kier molecular flexibility index (Phi) is 6.44. The molecule has 0 aliphatic carbocycles. The van der Waals surface area contributed by atoms with Crippen LogP contribution in [0.25, 0.3) is 11.0 Å². The summed E-state index contributed by atoms with van der Waals surface area (Å²) in [6.45, 7) is 11.1. The molecule has 8 heteroatoms. The number of anilines is 1. The molecule has 33 heavy (non-hydrogen) atoms. The van der Waals surface area contributed by atoms with Crippen molar-refractivity contribution < 1.29 is 9.59 Å². The molecule has 4 rings (SSSR count). The van der Waals surface area contributed by atoms with Gasteiger partial charge in [-0.2, -0.15) is 5.10 Å². The quantitative estimate of drug-likeness (QED) is 0.627. The van der Waals surface area contributed by atoms with Gasteiger partial charge in [-0.25, -0.2) is 14.6 Å². The van der Waals surface area contributed by atoms with Crippen LogP contribution in [0.1, 0.15) is 74.2 Å². The number of aryl methyl sites for hydroxylation is 1. The van der Waals surface area contributed by atoms with E-state index >= 15 is 0 Å². The second-order valence-electron chi connectivity index (χ2n) is 9.41. The highest BCUT2D eigenvalue weighted by atomic mass is 16.2. The maximum absolute atomic E-state index is 13.7. The first-order valence-electron chi connectivity index (χ1n) is 11.7. The first-order valence-corrected chi connectivity index (χ1v) is 11.7. The van der Waals surface area contributed by atoms with Crippen molar-refractivity contribution >= 4 is 28.7 Å². The van der Waals surface area contributed by atoms with Crippen LogP contribution >= 0.6 is 0 Å². The second-order valence-corrected chi connectivity index (χ2v) is 9.41. The molecule has 1 fully saturated rings. The Morgan fingerprint density at radius 3 is 2.64 bits per heavy atom. The largest absolute Gasteiger partial charge is 0.338 e. The number of amides is 2. The smallest absolute Gasteiger partial charge is 0.254 e. The molecule has 174 valence electrons. The molecule has 1 unspecified atom stereocenters. The van der Waals surface area contributed by atoms with Crippen molar-refractivity contribution in [3.8, 4) is 0 Å². The van der Waals surface area contributed by atoms with Gasteiger partial charge in [0.1, 0.15) is 5.82 Å². The van der Waals surface area contributed by atoms with Crippen molar-refractivity contribution in [2.75, 3.05) is 18.4 Å². The van der Waals surface area contributed by atoms with Crippen LogP contribution < -0.4 is 5.32 Å². The standard InChI is InChI=1S/C25H32N6O2/c1-15(2)21-12-19(20-13-26-31(16(3)4)23(20)28-21)25(33)30-11-7-9-18(14-30)24(32)29-22-10-6-8-17(5)27-22/h6,8,10,12-13,15-16,18H,7,9,11,14H2,1-5H3,(H,27,29,32). The van der Waals surface area contributed by atoms with Gasteiger partial charge in [0.15, 0.2) is 5.65 Å². The molecule has 0 aromatic carbocycles. The summed E-state index contributed by atoms with van der Waals surface area (Å²) in [5.41, 5.74) is 3.05. The van der Waals surface area contributed by atoms with Gasteiger partial charge >= 0.3 is 0 Å². The minimum atomic E-state index is -0.273. The fraction of sp³-hybridized carbons (Fsp3) is 0.480. The van der Waals surface area contributed by atoms with Gasteiger partial charge in [0.25, 0.3) is 5.91 Å². The number of hydrogen-bond acceptors (Lipinski definition) is 5. The number of carbonyl (C=O) groups excluding carboxylic acids is 2. The molecule has 3 aromatic heterocycles. The van der Waals surface area contributed by atoms with Crippen LogP contribution in [-0.4, -0.2) is 49.6 Å². The number of rotatable bonds is 5. The van der Waals surface area contributed by atoms with Crippen molar-refractivity contribution in [2.45, 2.75) is 59.4 Å². The van der Waals surface area contributed by atoms with E-state index in [1.807, 2.05) is 29.8 Å². The zero-order valence-corrected chi connectivity index (χ0v) is 20.0. The number of aromatic nitrogens is 4. The molecule has 2 amide bonds. The van der Waals surface area contributed by atoms with Gasteiger partial charge in [-0.1, -0.05) is 19.9 Å². The van der Waals surface area contributed by atoms with Gasteiger partial charge in [0.05, 0.1) is 23.1 Å². The summed E-state index contributed by atoms with van der Waals surface area (Å²) in [6, 6.07) is 7.57. The van der Waals surface area contributed by atoms with Crippen LogP contribution in [0.4, 0.5) is 5.82 Å². The van der Waals surface area contributed by atoms with E-state index < -0.39 is 0 Å². The summed E-state index contributed by atoms with van der Waals surface area (Å²) in [6.07, 6.45) is 3.26. The van der Waals surface area contributed by atoms with E-state index in [2.05, 4.69) is 43.1 Å². The summed E-state index contributed by atoms with van der Waals surface area (Å²) in [4.78, 5) is 37.5. The van der Waals surface area contributed by atoms with Crippen LogP contribution in [0, 0.1) is 12.8 Å². The average Bonchev–Trinajstić information content (AvgIpc) is 3.22. The predicted molar refractivity (Wildman–Crippen MR) is 128 cm³/mol. The number of likely N-dealkylation sites (tertiary alicyclic amines) is 1. The number of nitrogens with one attached hydrogen (secondary N) is 1. The first kappa shape index (κ1) is 22.9. The Balaban J connectivity index is 1.59. The van der Waals surface area contributed by atoms with Gasteiger partial charge in [-0.05, 0) is 57.7 Å². The molecule has 3 aromatic rings. The number of fused-ring (bicyclic) bond motifs is 1. The van der Waals surface area contributed by atoms with E-state index in [0.717, 1.165) is 35.3 Å².